The van der Waals surface area contributed by atoms with Crippen molar-refractivity contribution in [2.75, 3.05) is 26.5 Å². The predicted molar refractivity (Wildman–Crippen MR) is 94.4 cm³/mol. The average molecular weight is 349 g/mol. The maximum Gasteiger partial charge on any atom is 0.255 e. The Bertz CT molecular complexity index is 694. The summed E-state index contributed by atoms with van der Waals surface area (Å²) in [6, 6.07) is 11.8. The molecule has 24 heavy (non-hydrogen) atoms. The molecule has 0 unspecified atom stereocenters. The first-order valence-electron chi connectivity index (χ1n) is 7.47. The highest BCUT2D eigenvalue weighted by Crippen LogP contribution is 2.24. The number of halogens is 1. The number of methoxy groups -OCH3 is 2. The molecule has 1 amide bonds. The van der Waals surface area contributed by atoms with Crippen LogP contribution < -0.4 is 14.8 Å². The highest BCUT2D eigenvalue weighted by Gasteiger charge is 2.12. The molecule has 0 bridgehead atoms. The number of hydrogen-bond donors (Lipinski definition) is 1. The van der Waals surface area contributed by atoms with Crippen molar-refractivity contribution in [3.8, 4) is 11.5 Å². The second kappa shape index (κ2) is 9.17. The van der Waals surface area contributed by atoms with Crippen molar-refractivity contribution in [3.05, 3.63) is 59.4 Å². The molecule has 0 atom stereocenters. The monoisotopic (exact) mass is 349 g/mol. The number of carbonyl (C=O) groups is 1. The van der Waals surface area contributed by atoms with Crippen molar-refractivity contribution in [1.29, 1.82) is 0 Å². The standard InChI is InChI=1S/C18H20FNO3S/c1-22-14-7-8-15(17(11-14)23-2)18(21)20-9-10-24-12-13-5-3-4-6-16(13)19/h3-8,11H,9-10,12H2,1-2H3,(H,20,21). The second-order valence-corrected chi connectivity index (χ2v) is 6.07. The predicted octanol–water partition coefficient (Wildman–Crippen LogP) is 3.51. The number of benzene rings is 2. The van der Waals surface area contributed by atoms with Crippen LogP contribution in [0.2, 0.25) is 0 Å². The summed E-state index contributed by atoms with van der Waals surface area (Å²) in [6.45, 7) is 0.493. The van der Waals surface area contributed by atoms with Gasteiger partial charge in [-0.1, -0.05) is 18.2 Å². The lowest BCUT2D eigenvalue weighted by atomic mass is 10.2. The van der Waals surface area contributed by atoms with Crippen molar-refractivity contribution < 1.29 is 18.7 Å². The highest BCUT2D eigenvalue weighted by molar-refractivity contribution is 7.98. The molecular weight excluding hydrogens is 329 g/mol. The van der Waals surface area contributed by atoms with Crippen LogP contribution in [0.25, 0.3) is 0 Å². The molecule has 0 aliphatic heterocycles. The van der Waals surface area contributed by atoms with E-state index in [2.05, 4.69) is 5.32 Å². The summed E-state index contributed by atoms with van der Waals surface area (Å²) in [5.74, 6) is 1.96. The summed E-state index contributed by atoms with van der Waals surface area (Å²) in [5, 5.41) is 2.84. The Morgan fingerprint density at radius 3 is 2.67 bits per heavy atom. The number of hydrogen-bond acceptors (Lipinski definition) is 4. The number of ether oxygens (including phenoxy) is 2. The van der Waals surface area contributed by atoms with Gasteiger partial charge in [0.15, 0.2) is 0 Å². The topological polar surface area (TPSA) is 47.6 Å². The van der Waals surface area contributed by atoms with Crippen LogP contribution in [0.4, 0.5) is 4.39 Å². The largest absolute Gasteiger partial charge is 0.497 e. The fraction of sp³-hybridized carbons (Fsp3) is 0.278. The Labute approximate surface area is 145 Å². The molecule has 0 saturated heterocycles. The van der Waals surface area contributed by atoms with E-state index in [4.69, 9.17) is 9.47 Å². The van der Waals surface area contributed by atoms with Crippen molar-refractivity contribution in [2.24, 2.45) is 0 Å². The van der Waals surface area contributed by atoms with Crippen LogP contribution in [-0.2, 0) is 5.75 Å². The third-order valence-corrected chi connectivity index (χ3v) is 4.41. The molecule has 128 valence electrons. The van der Waals surface area contributed by atoms with Gasteiger partial charge in [-0.25, -0.2) is 4.39 Å². The lowest BCUT2D eigenvalue weighted by Gasteiger charge is -2.11. The fourth-order valence-corrected chi connectivity index (χ4v) is 2.96. The van der Waals surface area contributed by atoms with Crippen molar-refractivity contribution in [2.45, 2.75) is 5.75 Å². The molecular formula is C18H20FNO3S. The van der Waals surface area contributed by atoms with Crippen LogP contribution >= 0.6 is 11.8 Å². The number of amides is 1. The second-order valence-electron chi connectivity index (χ2n) is 4.97. The lowest BCUT2D eigenvalue weighted by Crippen LogP contribution is -2.26. The Hall–Kier alpha value is -2.21. The van der Waals surface area contributed by atoms with E-state index in [9.17, 15) is 9.18 Å². The summed E-state index contributed by atoms with van der Waals surface area (Å²) in [5.41, 5.74) is 1.13. The van der Waals surface area contributed by atoms with Gasteiger partial charge in [0, 0.05) is 24.1 Å². The molecule has 2 rings (SSSR count). The maximum atomic E-state index is 13.5. The van der Waals surface area contributed by atoms with E-state index in [-0.39, 0.29) is 11.7 Å². The smallest absolute Gasteiger partial charge is 0.255 e. The summed E-state index contributed by atoms with van der Waals surface area (Å²) in [4.78, 5) is 12.2. The van der Waals surface area contributed by atoms with Crippen LogP contribution in [0.15, 0.2) is 42.5 Å². The summed E-state index contributed by atoms with van der Waals surface area (Å²) in [7, 11) is 3.07. The zero-order chi connectivity index (χ0) is 17.4. The lowest BCUT2D eigenvalue weighted by molar-refractivity contribution is 0.0953. The zero-order valence-corrected chi connectivity index (χ0v) is 14.5. The van der Waals surface area contributed by atoms with Gasteiger partial charge in [-0.15, -0.1) is 0 Å². The number of nitrogens with one attached hydrogen (secondary N) is 1. The molecule has 2 aromatic carbocycles. The van der Waals surface area contributed by atoms with Gasteiger partial charge in [0.25, 0.3) is 5.91 Å². The quantitative estimate of drug-likeness (QED) is 0.741. The molecule has 0 radical (unpaired) electrons. The maximum absolute atomic E-state index is 13.5. The Morgan fingerprint density at radius 2 is 1.96 bits per heavy atom. The molecule has 0 spiro atoms. The molecule has 4 nitrogen and oxygen atoms in total. The summed E-state index contributed by atoms with van der Waals surface area (Å²) < 4.78 is 23.8. The Morgan fingerprint density at radius 1 is 1.17 bits per heavy atom. The zero-order valence-electron chi connectivity index (χ0n) is 13.7. The van der Waals surface area contributed by atoms with Crippen LogP contribution in [0.1, 0.15) is 15.9 Å². The molecule has 0 saturated carbocycles. The van der Waals surface area contributed by atoms with E-state index in [0.29, 0.717) is 40.7 Å². The molecule has 0 aliphatic carbocycles. The van der Waals surface area contributed by atoms with Gasteiger partial charge in [0.05, 0.1) is 19.8 Å². The first-order chi connectivity index (χ1) is 11.7. The minimum atomic E-state index is -0.207. The molecule has 1 N–H and O–H groups in total. The van der Waals surface area contributed by atoms with Gasteiger partial charge in [0.2, 0.25) is 0 Å². The first-order valence-corrected chi connectivity index (χ1v) is 8.62. The van der Waals surface area contributed by atoms with Crippen LogP contribution in [-0.4, -0.2) is 32.4 Å². The van der Waals surface area contributed by atoms with Gasteiger partial charge >= 0.3 is 0 Å². The van der Waals surface area contributed by atoms with E-state index in [1.807, 2.05) is 6.07 Å². The minimum absolute atomic E-state index is 0.197. The van der Waals surface area contributed by atoms with Gasteiger partial charge in [-0.3, -0.25) is 4.79 Å². The normalized spacial score (nSPS) is 10.3. The minimum Gasteiger partial charge on any atom is -0.497 e. The summed E-state index contributed by atoms with van der Waals surface area (Å²) >= 11 is 1.57. The van der Waals surface area contributed by atoms with E-state index < -0.39 is 0 Å². The van der Waals surface area contributed by atoms with Crippen LogP contribution in [0.5, 0.6) is 11.5 Å². The molecule has 6 heteroatoms. The van der Waals surface area contributed by atoms with Gasteiger partial charge in [-0.2, -0.15) is 11.8 Å². The summed E-state index contributed by atoms with van der Waals surface area (Å²) in [6.07, 6.45) is 0. The molecule has 0 aromatic heterocycles. The Balaban J connectivity index is 1.80. The molecule has 0 fully saturated rings. The average Bonchev–Trinajstić information content (AvgIpc) is 2.62. The third kappa shape index (κ3) is 4.89. The highest BCUT2D eigenvalue weighted by atomic mass is 32.2. The SMILES string of the molecule is COc1ccc(C(=O)NCCSCc2ccccc2F)c(OC)c1. The molecule has 0 aliphatic rings. The fourth-order valence-electron chi connectivity index (χ4n) is 2.12. The number of thioether (sulfide) groups is 1. The Kier molecular flexibility index (Phi) is 6.93. The number of rotatable bonds is 8. The van der Waals surface area contributed by atoms with Crippen molar-refractivity contribution in [1.82, 2.24) is 5.32 Å². The first kappa shape index (κ1) is 18.1. The van der Waals surface area contributed by atoms with E-state index in [0.717, 1.165) is 0 Å². The molecule has 0 heterocycles. The van der Waals surface area contributed by atoms with Gasteiger partial charge in [0.1, 0.15) is 17.3 Å². The number of carbonyl (C=O) groups excluding carboxylic acids is 1. The van der Waals surface area contributed by atoms with E-state index >= 15 is 0 Å². The molecule has 2 aromatic rings. The van der Waals surface area contributed by atoms with Crippen molar-refractivity contribution in [3.63, 3.8) is 0 Å². The van der Waals surface area contributed by atoms with Gasteiger partial charge in [-0.05, 0) is 23.8 Å². The van der Waals surface area contributed by atoms with Crippen molar-refractivity contribution >= 4 is 17.7 Å². The van der Waals surface area contributed by atoms with Crippen LogP contribution in [0, 0.1) is 5.82 Å². The third-order valence-electron chi connectivity index (χ3n) is 3.40. The van der Waals surface area contributed by atoms with E-state index in [1.165, 1.54) is 13.2 Å². The van der Waals surface area contributed by atoms with Crippen LogP contribution in [0.3, 0.4) is 0 Å². The van der Waals surface area contributed by atoms with Gasteiger partial charge < -0.3 is 14.8 Å². The van der Waals surface area contributed by atoms with E-state index in [1.54, 1.807) is 49.2 Å².